The van der Waals surface area contributed by atoms with Crippen molar-refractivity contribution in [1.29, 1.82) is 5.26 Å². The largest absolute Gasteiger partial charge is 0.341 e. The summed E-state index contributed by atoms with van der Waals surface area (Å²) in [4.78, 5) is 14.9. The maximum Gasteiger partial charge on any atom is 0.243 e. The topological polar surface area (TPSA) is 44.1 Å². The number of fused-ring (bicyclic) bond motifs is 1. The number of carbonyl (C=O) groups excluding carboxylic acids is 1. The van der Waals surface area contributed by atoms with Gasteiger partial charge in [0.05, 0.1) is 6.07 Å². The van der Waals surface area contributed by atoms with Crippen LogP contribution >= 0.6 is 0 Å². The molecule has 21 heavy (non-hydrogen) atoms. The van der Waals surface area contributed by atoms with Crippen molar-refractivity contribution < 1.29 is 4.79 Å². The highest BCUT2D eigenvalue weighted by Gasteiger charge is 2.42. The lowest BCUT2D eigenvalue weighted by Gasteiger charge is -2.34. The van der Waals surface area contributed by atoms with Crippen LogP contribution in [-0.2, 0) is 17.6 Å². The van der Waals surface area contributed by atoms with E-state index in [9.17, 15) is 10.1 Å². The number of rotatable bonds is 1. The van der Waals surface area contributed by atoms with Gasteiger partial charge in [0, 0.05) is 13.1 Å². The summed E-state index contributed by atoms with van der Waals surface area (Å²) in [7, 11) is 0. The molecule has 3 nitrogen and oxygen atoms in total. The van der Waals surface area contributed by atoms with Gasteiger partial charge >= 0.3 is 0 Å². The zero-order chi connectivity index (χ0) is 14.7. The second-order valence-electron chi connectivity index (χ2n) is 6.32. The van der Waals surface area contributed by atoms with Crippen LogP contribution in [0, 0.1) is 16.7 Å². The quantitative estimate of drug-likeness (QED) is 0.794. The van der Waals surface area contributed by atoms with Crippen LogP contribution in [0.3, 0.4) is 0 Å². The van der Waals surface area contributed by atoms with Gasteiger partial charge in [-0.3, -0.25) is 4.79 Å². The Balaban J connectivity index is 1.76. The normalized spacial score (nSPS) is 21.0. The fourth-order valence-corrected chi connectivity index (χ4v) is 3.70. The molecule has 0 bridgehead atoms. The van der Waals surface area contributed by atoms with Crippen LogP contribution in [0.1, 0.15) is 43.2 Å². The summed E-state index contributed by atoms with van der Waals surface area (Å²) in [6.07, 6.45) is 6.47. The minimum atomic E-state index is -0.741. The lowest BCUT2D eigenvalue weighted by Crippen LogP contribution is -2.45. The van der Waals surface area contributed by atoms with E-state index in [1.807, 2.05) is 4.90 Å². The van der Waals surface area contributed by atoms with E-state index in [1.165, 1.54) is 11.1 Å². The molecule has 3 rings (SSSR count). The first-order chi connectivity index (χ1) is 10.2. The molecule has 0 spiro atoms. The first-order valence-electron chi connectivity index (χ1n) is 8.03. The Morgan fingerprint density at radius 3 is 2.14 bits per heavy atom. The molecule has 0 atom stereocenters. The molecule has 0 saturated heterocycles. The molecule has 1 fully saturated rings. The van der Waals surface area contributed by atoms with E-state index in [-0.39, 0.29) is 5.91 Å². The second kappa shape index (κ2) is 5.89. The van der Waals surface area contributed by atoms with Crippen LogP contribution in [0.5, 0.6) is 0 Å². The lowest BCUT2D eigenvalue weighted by atomic mass is 9.74. The Hall–Kier alpha value is -1.82. The van der Waals surface area contributed by atoms with Crippen molar-refractivity contribution in [3.8, 4) is 6.07 Å². The van der Waals surface area contributed by atoms with E-state index in [0.717, 1.165) is 58.0 Å². The predicted octanol–water partition coefficient (Wildman–Crippen LogP) is 3.09. The zero-order valence-electron chi connectivity index (χ0n) is 12.5. The van der Waals surface area contributed by atoms with Gasteiger partial charge in [0.1, 0.15) is 5.41 Å². The van der Waals surface area contributed by atoms with Gasteiger partial charge in [0.15, 0.2) is 0 Å². The number of hydrogen-bond donors (Lipinski definition) is 0. The molecule has 3 heteroatoms. The maximum absolute atomic E-state index is 12.9. The van der Waals surface area contributed by atoms with Gasteiger partial charge in [0.25, 0.3) is 0 Å². The predicted molar refractivity (Wildman–Crippen MR) is 81.6 cm³/mol. The van der Waals surface area contributed by atoms with Gasteiger partial charge in [-0.25, -0.2) is 0 Å². The van der Waals surface area contributed by atoms with E-state index >= 15 is 0 Å². The minimum absolute atomic E-state index is 0.0810. The number of carbonyl (C=O) groups is 1. The summed E-state index contributed by atoms with van der Waals surface area (Å²) in [5.74, 6) is 0.0810. The summed E-state index contributed by atoms with van der Waals surface area (Å²) in [5, 5.41) is 9.59. The Bertz CT molecular complexity index is 540. The molecule has 1 amide bonds. The van der Waals surface area contributed by atoms with Gasteiger partial charge in [-0.15, -0.1) is 0 Å². The standard InChI is InChI=1S/C18H22N2O/c19-14-18(10-4-1-5-11-18)17(21)20-12-8-15-6-2-3-7-16(15)9-13-20/h2-3,6-7H,1,4-5,8-13H2. The second-order valence-corrected chi connectivity index (χ2v) is 6.32. The van der Waals surface area contributed by atoms with Crippen LogP contribution in [-0.4, -0.2) is 23.9 Å². The molecule has 1 saturated carbocycles. The van der Waals surface area contributed by atoms with Crippen molar-refractivity contribution in [2.75, 3.05) is 13.1 Å². The van der Waals surface area contributed by atoms with Crippen LogP contribution in [0.25, 0.3) is 0 Å². The average molecular weight is 282 g/mol. The maximum atomic E-state index is 12.9. The van der Waals surface area contributed by atoms with Crippen molar-refractivity contribution >= 4 is 5.91 Å². The molecule has 0 radical (unpaired) electrons. The van der Waals surface area contributed by atoms with Crippen molar-refractivity contribution in [3.63, 3.8) is 0 Å². The number of nitrogens with zero attached hydrogens (tertiary/aromatic N) is 2. The van der Waals surface area contributed by atoms with Crippen LogP contribution in [0.4, 0.5) is 0 Å². The summed E-state index contributed by atoms with van der Waals surface area (Å²) in [6.45, 7) is 1.50. The van der Waals surface area contributed by atoms with Crippen molar-refractivity contribution in [1.82, 2.24) is 4.90 Å². The Labute approximate surface area is 126 Å². The van der Waals surface area contributed by atoms with Gasteiger partial charge in [-0.05, 0) is 36.8 Å². The van der Waals surface area contributed by atoms with Crippen molar-refractivity contribution in [3.05, 3.63) is 35.4 Å². The van der Waals surface area contributed by atoms with Crippen LogP contribution in [0.2, 0.25) is 0 Å². The number of hydrogen-bond acceptors (Lipinski definition) is 2. The Morgan fingerprint density at radius 2 is 1.62 bits per heavy atom. The summed E-state index contributed by atoms with van der Waals surface area (Å²) < 4.78 is 0. The smallest absolute Gasteiger partial charge is 0.243 e. The zero-order valence-corrected chi connectivity index (χ0v) is 12.5. The SMILES string of the molecule is N#CC1(C(=O)N2CCc3ccccc3CC2)CCCCC1. The fourth-order valence-electron chi connectivity index (χ4n) is 3.70. The molecule has 0 unspecified atom stereocenters. The average Bonchev–Trinajstić information content (AvgIpc) is 2.77. The molecular formula is C18H22N2O. The lowest BCUT2D eigenvalue weighted by molar-refractivity contribution is -0.140. The van der Waals surface area contributed by atoms with Crippen molar-refractivity contribution in [2.24, 2.45) is 5.41 Å². The third-order valence-corrected chi connectivity index (χ3v) is 5.04. The summed E-state index contributed by atoms with van der Waals surface area (Å²) in [5.41, 5.74) is 1.96. The third-order valence-electron chi connectivity index (χ3n) is 5.04. The molecular weight excluding hydrogens is 260 g/mol. The summed E-state index contributed by atoms with van der Waals surface area (Å²) in [6, 6.07) is 10.8. The molecule has 1 heterocycles. The molecule has 0 aromatic heterocycles. The minimum Gasteiger partial charge on any atom is -0.341 e. The molecule has 1 aliphatic heterocycles. The van der Waals surface area contributed by atoms with Gasteiger partial charge in [-0.1, -0.05) is 43.5 Å². The first kappa shape index (κ1) is 14.1. The van der Waals surface area contributed by atoms with E-state index in [4.69, 9.17) is 0 Å². The monoisotopic (exact) mass is 282 g/mol. The van der Waals surface area contributed by atoms with E-state index in [2.05, 4.69) is 30.3 Å². The highest BCUT2D eigenvalue weighted by molar-refractivity contribution is 5.85. The van der Waals surface area contributed by atoms with E-state index < -0.39 is 5.41 Å². The third kappa shape index (κ3) is 2.68. The molecule has 1 aliphatic carbocycles. The van der Waals surface area contributed by atoms with Crippen LogP contribution in [0.15, 0.2) is 24.3 Å². The molecule has 110 valence electrons. The Kier molecular flexibility index (Phi) is 3.96. The summed E-state index contributed by atoms with van der Waals surface area (Å²) >= 11 is 0. The fraction of sp³-hybridized carbons (Fsp3) is 0.556. The van der Waals surface area contributed by atoms with E-state index in [0.29, 0.717) is 0 Å². The van der Waals surface area contributed by atoms with Gasteiger partial charge < -0.3 is 4.90 Å². The number of benzene rings is 1. The molecule has 1 aromatic carbocycles. The van der Waals surface area contributed by atoms with Crippen LogP contribution < -0.4 is 0 Å². The van der Waals surface area contributed by atoms with Gasteiger partial charge in [-0.2, -0.15) is 5.26 Å². The molecule has 0 N–H and O–H groups in total. The highest BCUT2D eigenvalue weighted by atomic mass is 16.2. The number of amides is 1. The number of nitriles is 1. The first-order valence-corrected chi connectivity index (χ1v) is 8.03. The van der Waals surface area contributed by atoms with Crippen molar-refractivity contribution in [2.45, 2.75) is 44.9 Å². The Morgan fingerprint density at radius 1 is 1.05 bits per heavy atom. The van der Waals surface area contributed by atoms with Gasteiger partial charge in [0.2, 0.25) is 5.91 Å². The van der Waals surface area contributed by atoms with E-state index in [1.54, 1.807) is 0 Å². The molecule has 1 aromatic rings. The molecule has 2 aliphatic rings. The highest BCUT2D eigenvalue weighted by Crippen LogP contribution is 2.37.